The van der Waals surface area contributed by atoms with Crippen LogP contribution in [0, 0.1) is 6.92 Å². The van der Waals surface area contributed by atoms with Gasteiger partial charge in [-0.05, 0) is 41.0 Å². The normalized spacial score (nSPS) is 12.7. The number of aromatic hydroxyl groups is 6. The number of aliphatic hydroxyl groups excluding tert-OH is 1. The molecule has 8 aromatic rings. The highest BCUT2D eigenvalue weighted by Gasteiger charge is 2.33. The van der Waals surface area contributed by atoms with Gasteiger partial charge in [0.05, 0.1) is 28.2 Å². The number of hydrogen-bond acceptors (Lipinski definition) is 13. The molecule has 0 aliphatic heterocycles. The van der Waals surface area contributed by atoms with Gasteiger partial charge < -0.3 is 55.0 Å². The van der Waals surface area contributed by atoms with E-state index in [9.17, 15) is 45.3 Å². The molecule has 8 rings (SSSR count). The second-order valence-corrected chi connectivity index (χ2v) is 11.5. The first-order chi connectivity index (χ1) is 20.6. The van der Waals surface area contributed by atoms with E-state index in [1.807, 2.05) is 0 Å². The molecular weight excluding hydrogens is 599 g/mol. The van der Waals surface area contributed by atoms with Crippen molar-refractivity contribution < 1.29 is 55.0 Å². The van der Waals surface area contributed by atoms with Crippen molar-refractivity contribution in [3.8, 4) is 34.5 Å². The van der Waals surface area contributed by atoms with Gasteiger partial charge in [0.15, 0.2) is 10.9 Å². The summed E-state index contributed by atoms with van der Waals surface area (Å²) >= 11 is 0. The Morgan fingerprint density at radius 1 is 0.523 bits per heavy atom. The highest BCUT2D eigenvalue weighted by Crippen LogP contribution is 2.60. The smallest absolute Gasteiger partial charge is 0.190 e. The van der Waals surface area contributed by atoms with E-state index in [1.165, 1.54) is 12.1 Å². The second kappa shape index (κ2) is 8.47. The van der Waals surface area contributed by atoms with E-state index in [-0.39, 0.29) is 70.2 Å². The number of aliphatic hydroxyl groups is 1. The fourth-order valence-electron chi connectivity index (χ4n) is 7.00. The van der Waals surface area contributed by atoms with Crippen molar-refractivity contribution in [1.82, 2.24) is 0 Å². The Morgan fingerprint density at radius 2 is 0.864 bits per heavy atom. The number of aryl methyl sites for hydroxylation is 1. The van der Waals surface area contributed by atoms with Crippen LogP contribution in [0.1, 0.15) is 11.1 Å². The monoisotopic (exact) mass is 615 g/mol. The van der Waals surface area contributed by atoms with Crippen LogP contribution in [-0.4, -0.2) is 35.7 Å². The number of benzene rings is 8. The topological polar surface area (TPSA) is 262 Å². The van der Waals surface area contributed by atoms with Gasteiger partial charge in [-0.3, -0.25) is 9.59 Å². The molecule has 14 heteroatoms. The summed E-state index contributed by atoms with van der Waals surface area (Å²) in [4.78, 5) is 52.4. The van der Waals surface area contributed by atoms with Crippen LogP contribution in [-0.2, 0) is 11.2 Å². The summed E-state index contributed by atoms with van der Waals surface area (Å²) in [5.41, 5.74) is -0.481. The van der Waals surface area contributed by atoms with Gasteiger partial charge in [-0.1, -0.05) is 0 Å². The zero-order valence-corrected chi connectivity index (χ0v) is 22.9. The van der Waals surface area contributed by atoms with Crippen LogP contribution in [0.2, 0.25) is 0 Å². The maximum absolute atomic E-state index is 13.4. The third kappa shape index (κ3) is 3.24. The first-order valence-electron chi connectivity index (χ1n) is 12.7. The molecule has 0 unspecified atom stereocenters. The molecule has 0 amide bonds. The van der Waals surface area contributed by atoms with Gasteiger partial charge in [-0.2, -0.15) is 7.82 Å². The van der Waals surface area contributed by atoms with Gasteiger partial charge in [0.25, 0.3) is 0 Å². The van der Waals surface area contributed by atoms with E-state index in [4.69, 9.17) is 19.2 Å². The summed E-state index contributed by atoms with van der Waals surface area (Å²) in [7, 11) is -5.39. The van der Waals surface area contributed by atoms with Crippen LogP contribution in [0.25, 0.3) is 75.4 Å². The fraction of sp³-hybridized carbons (Fsp3) is 0.0667. The molecule has 13 nitrogen and oxygen atoms in total. The largest absolute Gasteiger partial charge is 0.822 e. The van der Waals surface area contributed by atoms with Crippen LogP contribution in [0.3, 0.4) is 0 Å². The van der Waals surface area contributed by atoms with Crippen molar-refractivity contribution in [1.29, 1.82) is 0 Å². The molecule has 0 saturated carbocycles. The molecular formula is C30H16O13P-3. The minimum absolute atomic E-state index is 0.00463. The molecule has 0 heterocycles. The molecule has 0 radical (unpaired) electrons. The second-order valence-electron chi connectivity index (χ2n) is 10.6. The summed E-state index contributed by atoms with van der Waals surface area (Å²) in [6, 6.07) is 4.45. The Labute approximate surface area is 242 Å². The Kier molecular flexibility index (Phi) is 5.32. The van der Waals surface area contributed by atoms with Crippen LogP contribution in [0.4, 0.5) is 0 Å². The molecule has 222 valence electrons. The van der Waals surface area contributed by atoms with Gasteiger partial charge in [-0.25, -0.2) is 0 Å². The van der Waals surface area contributed by atoms with Gasteiger partial charge in [-0.15, -0.1) is 0 Å². The molecule has 7 N–H and O–H groups in total. The Balaban J connectivity index is 0.000000581. The minimum atomic E-state index is -5.39. The highest BCUT2D eigenvalue weighted by atomic mass is 31.2. The lowest BCUT2D eigenvalue weighted by molar-refractivity contribution is -0.432. The summed E-state index contributed by atoms with van der Waals surface area (Å²) < 4.78 is 8.55. The Morgan fingerprint density at radius 3 is 1.30 bits per heavy atom. The van der Waals surface area contributed by atoms with Gasteiger partial charge in [0, 0.05) is 55.2 Å². The lowest BCUT2D eigenvalue weighted by atomic mass is 9.77. The number of phenols is 6. The molecule has 0 spiro atoms. The van der Waals surface area contributed by atoms with Crippen molar-refractivity contribution in [2.24, 2.45) is 0 Å². The standard InChI is InChI=1S/C30H16O9.H3O4P/c1-7-2-9(32)19-23-15(7)16-8(6-31)3-10(33)20-24(16)28-26-18(12(35)5-14(37)22(26)30(20)39)17-11(34)4-13(36)21(29(19)38)25(17)27(23)28;1-5(2,3)4/h2-5,31,34-39H,6H2,1H3;(H3,1,2,3,4)/p-3. The SMILES string of the molecule is Cc1cc(=O)c2c(O)c3c(O)cc(O)c4c5c(O)cc(O)c6c(O)c7c(=O)cc(CO)c8c1c2c(c34)c(c65)c78.O=P([O-])([O-])[O-]. The lowest BCUT2D eigenvalue weighted by Gasteiger charge is -2.36. The highest BCUT2D eigenvalue weighted by molar-refractivity contribution is 7.40. The zero-order chi connectivity index (χ0) is 31.9. The third-order valence-electron chi connectivity index (χ3n) is 8.30. The lowest BCUT2D eigenvalue weighted by Crippen LogP contribution is -2.24. The molecule has 8 aromatic carbocycles. The maximum Gasteiger partial charge on any atom is 0.190 e. The predicted octanol–water partition coefficient (Wildman–Crippen LogP) is 1.44. The average Bonchev–Trinajstić information content (AvgIpc) is 2.90. The molecule has 0 aliphatic carbocycles. The molecule has 44 heavy (non-hydrogen) atoms. The summed E-state index contributed by atoms with van der Waals surface area (Å²) in [5, 5.41) is 78.7. The first kappa shape index (κ1) is 27.7. The van der Waals surface area contributed by atoms with Crippen LogP contribution in [0.15, 0.2) is 33.9 Å². The molecule has 0 saturated heterocycles. The van der Waals surface area contributed by atoms with E-state index < -0.39 is 59.8 Å². The molecule has 0 fully saturated rings. The number of rotatable bonds is 1. The quantitative estimate of drug-likeness (QED) is 0.0784. The van der Waals surface area contributed by atoms with E-state index >= 15 is 0 Å². The summed E-state index contributed by atoms with van der Waals surface area (Å²) in [6.07, 6.45) is 0. The summed E-state index contributed by atoms with van der Waals surface area (Å²) in [5.74, 6) is -3.05. The number of hydrogen-bond donors (Lipinski definition) is 7. The maximum atomic E-state index is 13.4. The Bertz CT molecular complexity index is 2710. The third-order valence-corrected chi connectivity index (χ3v) is 8.30. The number of phenolic OH excluding ortho intramolecular Hbond substituents is 6. The number of fused-ring (bicyclic) bond motifs is 2. The van der Waals surface area contributed by atoms with Crippen LogP contribution in [0.5, 0.6) is 34.5 Å². The predicted molar refractivity (Wildman–Crippen MR) is 155 cm³/mol. The van der Waals surface area contributed by atoms with Crippen molar-refractivity contribution >= 4 is 83.2 Å². The van der Waals surface area contributed by atoms with E-state index in [0.717, 1.165) is 12.1 Å². The molecule has 0 aromatic heterocycles. The first-order valence-corrected chi connectivity index (χ1v) is 14.2. The van der Waals surface area contributed by atoms with Crippen LogP contribution < -0.4 is 25.5 Å². The molecule has 0 aliphatic rings. The van der Waals surface area contributed by atoms with E-state index in [1.54, 1.807) is 6.92 Å². The minimum Gasteiger partial charge on any atom is -0.822 e. The zero-order valence-electron chi connectivity index (χ0n) is 22.0. The molecule has 0 atom stereocenters. The summed E-state index contributed by atoms with van der Waals surface area (Å²) in [6.45, 7) is 1.11. The van der Waals surface area contributed by atoms with Crippen molar-refractivity contribution in [3.05, 3.63) is 55.8 Å². The van der Waals surface area contributed by atoms with Gasteiger partial charge >= 0.3 is 0 Å². The van der Waals surface area contributed by atoms with Crippen molar-refractivity contribution in [2.75, 3.05) is 0 Å². The van der Waals surface area contributed by atoms with Crippen molar-refractivity contribution in [3.63, 3.8) is 0 Å². The van der Waals surface area contributed by atoms with Crippen molar-refractivity contribution in [2.45, 2.75) is 13.5 Å². The Hall–Kier alpha value is -5.17. The molecule has 0 bridgehead atoms. The van der Waals surface area contributed by atoms with E-state index in [2.05, 4.69) is 0 Å². The number of phosphoric acid groups is 1. The van der Waals surface area contributed by atoms with Crippen LogP contribution >= 0.6 is 7.82 Å². The van der Waals surface area contributed by atoms with E-state index in [0.29, 0.717) is 16.3 Å². The van der Waals surface area contributed by atoms with Gasteiger partial charge in [0.2, 0.25) is 0 Å². The van der Waals surface area contributed by atoms with Gasteiger partial charge in [0.1, 0.15) is 34.5 Å². The average molecular weight is 615 g/mol. The fourth-order valence-corrected chi connectivity index (χ4v) is 7.00.